The molecule has 0 aliphatic heterocycles. The quantitative estimate of drug-likeness (QED) is 0.762. The Morgan fingerprint density at radius 3 is 2.43 bits per heavy atom. The first-order valence-electron chi connectivity index (χ1n) is 7.43. The molecule has 1 saturated carbocycles. The van der Waals surface area contributed by atoms with E-state index in [1.54, 1.807) is 19.2 Å². The Morgan fingerprint density at radius 2 is 1.86 bits per heavy atom. The lowest BCUT2D eigenvalue weighted by Gasteiger charge is -2.31. The highest BCUT2D eigenvalue weighted by atomic mass is 35.5. The Bertz CT molecular complexity index is 527. The van der Waals surface area contributed by atoms with Gasteiger partial charge in [-0.2, -0.15) is 0 Å². The Kier molecular flexibility index (Phi) is 5.15. The maximum atomic E-state index is 12.7. The predicted molar refractivity (Wildman–Crippen MR) is 84.6 cm³/mol. The van der Waals surface area contributed by atoms with Crippen molar-refractivity contribution in [1.82, 2.24) is 0 Å². The summed E-state index contributed by atoms with van der Waals surface area (Å²) in [5.41, 5.74) is 0.615. The lowest BCUT2D eigenvalue weighted by Crippen LogP contribution is -2.26. The molecule has 1 aromatic rings. The normalized spacial score (nSPS) is 25.5. The molecule has 1 aliphatic carbocycles. The molecular formula is C17H23ClO3. The van der Waals surface area contributed by atoms with Gasteiger partial charge in [0.15, 0.2) is 17.3 Å². The van der Waals surface area contributed by atoms with Crippen LogP contribution in [0.3, 0.4) is 0 Å². The van der Waals surface area contributed by atoms with Crippen molar-refractivity contribution >= 4 is 17.4 Å². The summed E-state index contributed by atoms with van der Waals surface area (Å²) < 4.78 is 10.5. The fourth-order valence-electron chi connectivity index (χ4n) is 3.08. The molecule has 0 aromatic heterocycles. The predicted octanol–water partition coefficient (Wildman–Crippen LogP) is 4.61. The molecule has 4 heteroatoms. The fourth-order valence-corrected chi connectivity index (χ4v) is 3.37. The molecule has 0 radical (unpaired) electrons. The molecule has 1 aliphatic rings. The van der Waals surface area contributed by atoms with E-state index in [0.717, 1.165) is 19.3 Å². The number of Topliss-reactive ketones (excluding diaryl/α,β-unsaturated/α-hetero) is 1. The van der Waals surface area contributed by atoms with E-state index in [4.69, 9.17) is 21.1 Å². The third-order valence-electron chi connectivity index (χ3n) is 4.69. The van der Waals surface area contributed by atoms with Crippen LogP contribution in [0.15, 0.2) is 12.1 Å². The smallest absolute Gasteiger partial charge is 0.179 e. The lowest BCUT2D eigenvalue weighted by molar-refractivity contribution is 0.0837. The summed E-state index contributed by atoms with van der Waals surface area (Å²) >= 11 is 6.19. The summed E-state index contributed by atoms with van der Waals surface area (Å²) in [6.45, 7) is 4.49. The minimum atomic E-state index is 0.0883. The van der Waals surface area contributed by atoms with Crippen molar-refractivity contribution in [2.75, 3.05) is 14.2 Å². The molecule has 0 N–H and O–H groups in total. The molecule has 1 fully saturated rings. The van der Waals surface area contributed by atoms with Gasteiger partial charge >= 0.3 is 0 Å². The zero-order valence-corrected chi connectivity index (χ0v) is 13.9. The number of rotatable bonds is 4. The zero-order chi connectivity index (χ0) is 15.6. The molecule has 116 valence electrons. The Hall–Kier alpha value is -1.22. The van der Waals surface area contributed by atoms with Crippen LogP contribution in [-0.2, 0) is 0 Å². The van der Waals surface area contributed by atoms with Crippen LogP contribution in [0.4, 0.5) is 0 Å². The van der Waals surface area contributed by atoms with Gasteiger partial charge < -0.3 is 9.47 Å². The van der Waals surface area contributed by atoms with E-state index in [9.17, 15) is 4.79 Å². The number of halogens is 1. The highest BCUT2D eigenvalue weighted by Gasteiger charge is 2.30. The number of hydrogen-bond donors (Lipinski definition) is 0. The van der Waals surface area contributed by atoms with E-state index < -0.39 is 0 Å². The summed E-state index contributed by atoms with van der Waals surface area (Å²) in [5, 5.41) is 0.414. The third-order valence-corrected chi connectivity index (χ3v) is 4.97. The van der Waals surface area contributed by atoms with Crippen LogP contribution in [0.25, 0.3) is 0 Å². The van der Waals surface area contributed by atoms with E-state index in [2.05, 4.69) is 13.8 Å². The number of methoxy groups -OCH3 is 2. The van der Waals surface area contributed by atoms with Crippen molar-refractivity contribution in [1.29, 1.82) is 0 Å². The summed E-state index contributed by atoms with van der Waals surface area (Å²) in [7, 11) is 3.09. The van der Waals surface area contributed by atoms with E-state index in [1.165, 1.54) is 7.11 Å². The van der Waals surface area contributed by atoms with Crippen molar-refractivity contribution in [3.05, 3.63) is 22.7 Å². The maximum absolute atomic E-state index is 12.7. The summed E-state index contributed by atoms with van der Waals surface area (Å²) in [6.07, 6.45) is 3.01. The van der Waals surface area contributed by atoms with Crippen molar-refractivity contribution in [3.8, 4) is 11.5 Å². The van der Waals surface area contributed by atoms with Gasteiger partial charge in [-0.25, -0.2) is 0 Å². The van der Waals surface area contributed by atoms with Crippen LogP contribution in [0.5, 0.6) is 11.5 Å². The summed E-state index contributed by atoms with van der Waals surface area (Å²) in [5.74, 6) is 2.51. The number of hydrogen-bond acceptors (Lipinski definition) is 3. The van der Waals surface area contributed by atoms with Gasteiger partial charge in [-0.3, -0.25) is 4.79 Å². The highest BCUT2D eigenvalue weighted by molar-refractivity contribution is 6.32. The Labute approximate surface area is 131 Å². The first kappa shape index (κ1) is 16.2. The van der Waals surface area contributed by atoms with E-state index in [0.29, 0.717) is 33.9 Å². The number of carbonyl (C=O) groups is 1. The molecule has 3 atom stereocenters. The van der Waals surface area contributed by atoms with Gasteiger partial charge in [-0.1, -0.05) is 25.4 Å². The van der Waals surface area contributed by atoms with Crippen LogP contribution < -0.4 is 9.47 Å². The zero-order valence-electron chi connectivity index (χ0n) is 13.1. The van der Waals surface area contributed by atoms with Gasteiger partial charge in [0, 0.05) is 11.5 Å². The van der Waals surface area contributed by atoms with Crippen LogP contribution in [0.1, 0.15) is 43.5 Å². The Balaban J connectivity index is 2.25. The first-order valence-corrected chi connectivity index (χ1v) is 7.81. The molecule has 0 spiro atoms. The van der Waals surface area contributed by atoms with Crippen LogP contribution in [0.2, 0.25) is 5.02 Å². The van der Waals surface area contributed by atoms with Gasteiger partial charge in [0.1, 0.15) is 0 Å². The van der Waals surface area contributed by atoms with Crippen LogP contribution in [-0.4, -0.2) is 20.0 Å². The standard InChI is InChI=1S/C17H23ClO3/c1-10-5-6-12(7-11(10)2)16(19)13-8-14(18)17(21-4)15(9-13)20-3/h8-12H,5-7H2,1-4H3. The second-order valence-corrected chi connectivity index (χ2v) is 6.43. The maximum Gasteiger partial charge on any atom is 0.179 e. The first-order chi connectivity index (χ1) is 9.97. The largest absolute Gasteiger partial charge is 0.493 e. The van der Waals surface area contributed by atoms with Crippen LogP contribution >= 0.6 is 11.6 Å². The number of carbonyl (C=O) groups excluding carboxylic acids is 1. The molecule has 0 bridgehead atoms. The monoisotopic (exact) mass is 310 g/mol. The lowest BCUT2D eigenvalue weighted by atomic mass is 9.73. The van der Waals surface area contributed by atoms with E-state index in [1.807, 2.05) is 0 Å². The van der Waals surface area contributed by atoms with Crippen molar-refractivity contribution < 1.29 is 14.3 Å². The van der Waals surface area contributed by atoms with E-state index in [-0.39, 0.29) is 11.7 Å². The average Bonchev–Trinajstić information content (AvgIpc) is 2.48. The second kappa shape index (κ2) is 6.69. The van der Waals surface area contributed by atoms with E-state index >= 15 is 0 Å². The van der Waals surface area contributed by atoms with Crippen molar-refractivity contribution in [2.45, 2.75) is 33.1 Å². The Morgan fingerprint density at radius 1 is 1.14 bits per heavy atom. The fraction of sp³-hybridized carbons (Fsp3) is 0.588. The molecule has 2 rings (SSSR count). The van der Waals surface area contributed by atoms with Gasteiger partial charge in [0.05, 0.1) is 19.2 Å². The SMILES string of the molecule is COc1cc(C(=O)C2CCC(C)C(C)C2)cc(Cl)c1OC. The van der Waals surface area contributed by atoms with Gasteiger partial charge in [-0.05, 0) is 43.2 Å². The van der Waals surface area contributed by atoms with Crippen LogP contribution in [0, 0.1) is 17.8 Å². The topological polar surface area (TPSA) is 35.5 Å². The second-order valence-electron chi connectivity index (χ2n) is 6.02. The minimum Gasteiger partial charge on any atom is -0.493 e. The van der Waals surface area contributed by atoms with Crippen molar-refractivity contribution in [2.24, 2.45) is 17.8 Å². The molecule has 0 amide bonds. The van der Waals surface area contributed by atoms with Gasteiger partial charge in [0.2, 0.25) is 0 Å². The molecule has 3 unspecified atom stereocenters. The number of benzene rings is 1. The highest BCUT2D eigenvalue weighted by Crippen LogP contribution is 2.39. The molecule has 0 heterocycles. The average molecular weight is 311 g/mol. The molecule has 0 saturated heterocycles. The third kappa shape index (κ3) is 3.34. The molecular weight excluding hydrogens is 288 g/mol. The molecule has 3 nitrogen and oxygen atoms in total. The number of ether oxygens (including phenoxy) is 2. The molecule has 21 heavy (non-hydrogen) atoms. The minimum absolute atomic E-state index is 0.0883. The summed E-state index contributed by atoms with van der Waals surface area (Å²) in [6, 6.07) is 3.42. The van der Waals surface area contributed by atoms with Gasteiger partial charge in [0.25, 0.3) is 0 Å². The summed E-state index contributed by atoms with van der Waals surface area (Å²) in [4.78, 5) is 12.7. The number of ketones is 1. The van der Waals surface area contributed by atoms with Gasteiger partial charge in [-0.15, -0.1) is 0 Å². The van der Waals surface area contributed by atoms with Crippen molar-refractivity contribution in [3.63, 3.8) is 0 Å². The molecule has 1 aromatic carbocycles.